The third-order valence-corrected chi connectivity index (χ3v) is 3.42. The SMILES string of the molecule is CCCNC(CC(C)(C)C)c1c(Cl)cnn1CCOC. The smallest absolute Gasteiger partial charge is 0.0834 e. The van der Waals surface area contributed by atoms with Crippen molar-refractivity contribution in [2.75, 3.05) is 20.3 Å². The van der Waals surface area contributed by atoms with E-state index in [-0.39, 0.29) is 11.5 Å². The van der Waals surface area contributed by atoms with Crippen LogP contribution in [0.5, 0.6) is 0 Å². The average molecular weight is 302 g/mol. The normalized spacial score (nSPS) is 13.7. The van der Waals surface area contributed by atoms with E-state index in [0.717, 1.165) is 36.6 Å². The minimum atomic E-state index is 0.224. The highest BCUT2D eigenvalue weighted by molar-refractivity contribution is 6.31. The molecule has 1 rings (SSSR count). The first-order valence-corrected chi connectivity index (χ1v) is 7.70. The highest BCUT2D eigenvalue weighted by Crippen LogP contribution is 2.32. The second-order valence-corrected chi connectivity index (χ2v) is 6.77. The van der Waals surface area contributed by atoms with Gasteiger partial charge in [-0.3, -0.25) is 4.68 Å². The summed E-state index contributed by atoms with van der Waals surface area (Å²) >= 11 is 6.36. The van der Waals surface area contributed by atoms with Crippen LogP contribution in [0.4, 0.5) is 0 Å². The quantitative estimate of drug-likeness (QED) is 0.796. The Balaban J connectivity index is 2.96. The van der Waals surface area contributed by atoms with Crippen molar-refractivity contribution in [1.29, 1.82) is 0 Å². The molecule has 1 N–H and O–H groups in total. The molecule has 1 aromatic heterocycles. The molecule has 1 unspecified atom stereocenters. The Morgan fingerprint density at radius 3 is 2.70 bits per heavy atom. The fraction of sp³-hybridized carbons (Fsp3) is 0.800. The predicted molar refractivity (Wildman–Crippen MR) is 84.2 cm³/mol. The zero-order valence-electron chi connectivity index (χ0n) is 13.4. The Labute approximate surface area is 127 Å². The van der Waals surface area contributed by atoms with Gasteiger partial charge < -0.3 is 10.1 Å². The van der Waals surface area contributed by atoms with Crippen molar-refractivity contribution in [2.45, 2.75) is 53.1 Å². The third kappa shape index (κ3) is 5.43. The van der Waals surface area contributed by atoms with Crippen LogP contribution in [0, 0.1) is 5.41 Å². The molecule has 20 heavy (non-hydrogen) atoms. The number of nitrogens with one attached hydrogen (secondary N) is 1. The topological polar surface area (TPSA) is 39.1 Å². The lowest BCUT2D eigenvalue weighted by atomic mass is 9.87. The molecule has 0 aliphatic carbocycles. The Hall–Kier alpha value is -0.580. The maximum atomic E-state index is 6.36. The molecule has 116 valence electrons. The molecule has 4 nitrogen and oxygen atoms in total. The molecule has 0 bridgehead atoms. The molecule has 0 aliphatic heterocycles. The van der Waals surface area contributed by atoms with Gasteiger partial charge in [0.2, 0.25) is 0 Å². The van der Waals surface area contributed by atoms with E-state index in [9.17, 15) is 0 Å². The molecule has 0 amide bonds. The molecule has 0 saturated heterocycles. The Morgan fingerprint density at radius 2 is 2.15 bits per heavy atom. The van der Waals surface area contributed by atoms with Crippen LogP contribution in [0.25, 0.3) is 0 Å². The molecular formula is C15H28ClN3O. The number of aromatic nitrogens is 2. The van der Waals surface area contributed by atoms with Crippen LogP contribution in [-0.2, 0) is 11.3 Å². The molecule has 1 aromatic rings. The monoisotopic (exact) mass is 301 g/mol. The number of methoxy groups -OCH3 is 1. The average Bonchev–Trinajstić information content (AvgIpc) is 2.72. The highest BCUT2D eigenvalue weighted by atomic mass is 35.5. The Bertz CT molecular complexity index is 398. The molecule has 1 heterocycles. The van der Waals surface area contributed by atoms with Crippen LogP contribution in [0.15, 0.2) is 6.20 Å². The summed E-state index contributed by atoms with van der Waals surface area (Å²) in [5, 5.41) is 8.71. The van der Waals surface area contributed by atoms with Gasteiger partial charge in [0.25, 0.3) is 0 Å². The van der Waals surface area contributed by atoms with Crippen molar-refractivity contribution < 1.29 is 4.74 Å². The Morgan fingerprint density at radius 1 is 1.45 bits per heavy atom. The van der Waals surface area contributed by atoms with Crippen LogP contribution in [0.2, 0.25) is 5.02 Å². The van der Waals surface area contributed by atoms with Gasteiger partial charge in [-0.15, -0.1) is 0 Å². The van der Waals surface area contributed by atoms with E-state index in [1.807, 2.05) is 4.68 Å². The van der Waals surface area contributed by atoms with Gasteiger partial charge in [-0.2, -0.15) is 5.10 Å². The van der Waals surface area contributed by atoms with Gasteiger partial charge in [0, 0.05) is 7.11 Å². The van der Waals surface area contributed by atoms with Gasteiger partial charge in [0.15, 0.2) is 0 Å². The van der Waals surface area contributed by atoms with E-state index in [0.29, 0.717) is 6.61 Å². The van der Waals surface area contributed by atoms with Crippen LogP contribution in [0.3, 0.4) is 0 Å². The van der Waals surface area contributed by atoms with Gasteiger partial charge in [0.05, 0.1) is 36.1 Å². The van der Waals surface area contributed by atoms with Gasteiger partial charge in [-0.1, -0.05) is 39.3 Å². The summed E-state index contributed by atoms with van der Waals surface area (Å²) in [6.45, 7) is 11.3. The van der Waals surface area contributed by atoms with Gasteiger partial charge in [-0.25, -0.2) is 0 Å². The second-order valence-electron chi connectivity index (χ2n) is 6.37. The summed E-state index contributed by atoms with van der Waals surface area (Å²) in [6.07, 6.45) is 3.85. The molecule has 0 fully saturated rings. The maximum Gasteiger partial charge on any atom is 0.0834 e. The van der Waals surface area contributed by atoms with Crippen molar-refractivity contribution in [3.05, 3.63) is 16.9 Å². The lowest BCUT2D eigenvalue weighted by Crippen LogP contribution is -2.29. The van der Waals surface area contributed by atoms with Crippen LogP contribution < -0.4 is 5.32 Å². The zero-order valence-corrected chi connectivity index (χ0v) is 14.1. The molecule has 0 aromatic carbocycles. The van der Waals surface area contributed by atoms with Gasteiger partial charge >= 0.3 is 0 Å². The number of rotatable bonds is 8. The summed E-state index contributed by atoms with van der Waals surface area (Å²) in [5.41, 5.74) is 1.30. The molecule has 0 radical (unpaired) electrons. The first-order chi connectivity index (χ1) is 9.39. The second kappa shape index (κ2) is 8.01. The standard InChI is InChI=1S/C15H28ClN3O/c1-6-7-17-13(10-15(2,3)4)14-12(16)11-18-19(14)8-9-20-5/h11,13,17H,6-10H2,1-5H3. The van der Waals surface area contributed by atoms with Crippen molar-refractivity contribution >= 4 is 11.6 Å². The largest absolute Gasteiger partial charge is 0.383 e. The third-order valence-electron chi connectivity index (χ3n) is 3.13. The Kier molecular flexibility index (Phi) is 7.00. The highest BCUT2D eigenvalue weighted by Gasteiger charge is 2.25. The lowest BCUT2D eigenvalue weighted by molar-refractivity contribution is 0.180. The van der Waals surface area contributed by atoms with Crippen molar-refractivity contribution in [2.24, 2.45) is 5.41 Å². The van der Waals surface area contributed by atoms with Gasteiger partial charge in [-0.05, 0) is 24.8 Å². The van der Waals surface area contributed by atoms with E-state index in [4.69, 9.17) is 16.3 Å². The van der Waals surface area contributed by atoms with E-state index in [2.05, 4.69) is 38.1 Å². The van der Waals surface area contributed by atoms with E-state index < -0.39 is 0 Å². The fourth-order valence-electron chi connectivity index (χ4n) is 2.27. The van der Waals surface area contributed by atoms with E-state index in [1.165, 1.54) is 0 Å². The summed E-state index contributed by atoms with van der Waals surface area (Å²) in [4.78, 5) is 0. The fourth-order valence-corrected chi connectivity index (χ4v) is 2.54. The lowest BCUT2D eigenvalue weighted by Gasteiger charge is -2.28. The molecule has 0 aliphatic rings. The zero-order chi connectivity index (χ0) is 15.2. The minimum absolute atomic E-state index is 0.224. The summed E-state index contributed by atoms with van der Waals surface area (Å²) in [5.74, 6) is 0. The first kappa shape index (κ1) is 17.5. The van der Waals surface area contributed by atoms with Crippen molar-refractivity contribution in [3.63, 3.8) is 0 Å². The van der Waals surface area contributed by atoms with Gasteiger partial charge in [0.1, 0.15) is 0 Å². The van der Waals surface area contributed by atoms with Crippen LogP contribution >= 0.6 is 11.6 Å². The van der Waals surface area contributed by atoms with Crippen LogP contribution in [0.1, 0.15) is 52.3 Å². The number of hydrogen-bond donors (Lipinski definition) is 1. The van der Waals surface area contributed by atoms with E-state index >= 15 is 0 Å². The number of nitrogens with zero attached hydrogens (tertiary/aromatic N) is 2. The summed E-state index contributed by atoms with van der Waals surface area (Å²) in [7, 11) is 1.70. The molecule has 0 spiro atoms. The van der Waals surface area contributed by atoms with Crippen molar-refractivity contribution in [1.82, 2.24) is 15.1 Å². The number of hydrogen-bond acceptors (Lipinski definition) is 3. The predicted octanol–water partition coefficient (Wildman–Crippen LogP) is 3.66. The van der Waals surface area contributed by atoms with E-state index in [1.54, 1.807) is 13.3 Å². The minimum Gasteiger partial charge on any atom is -0.383 e. The van der Waals surface area contributed by atoms with Crippen LogP contribution in [-0.4, -0.2) is 30.0 Å². The molecule has 0 saturated carbocycles. The molecular weight excluding hydrogens is 274 g/mol. The maximum absolute atomic E-state index is 6.36. The number of ether oxygens (including phenoxy) is 1. The first-order valence-electron chi connectivity index (χ1n) is 7.32. The van der Waals surface area contributed by atoms with Crippen molar-refractivity contribution in [3.8, 4) is 0 Å². The molecule has 5 heteroatoms. The summed E-state index contributed by atoms with van der Waals surface area (Å²) < 4.78 is 7.11. The number of halogens is 1. The summed E-state index contributed by atoms with van der Waals surface area (Å²) in [6, 6.07) is 0.224. The molecule has 1 atom stereocenters.